The van der Waals surface area contributed by atoms with Crippen LogP contribution in [0.1, 0.15) is 50.2 Å². The first kappa shape index (κ1) is 24.0. The Balaban J connectivity index is 1.41. The van der Waals surface area contributed by atoms with E-state index in [0.29, 0.717) is 45.2 Å². The van der Waals surface area contributed by atoms with Gasteiger partial charge >= 0.3 is 6.09 Å². The number of carbonyl (C=O) groups is 3. The molecule has 2 N–H and O–H groups in total. The molecule has 32 heavy (non-hydrogen) atoms. The maximum absolute atomic E-state index is 12.7. The normalized spacial score (nSPS) is 16.7. The maximum atomic E-state index is 12.7. The van der Waals surface area contributed by atoms with Crippen LogP contribution in [0.5, 0.6) is 0 Å². The first-order chi connectivity index (χ1) is 15.4. The maximum Gasteiger partial charge on any atom is 0.409 e. The van der Waals surface area contributed by atoms with Gasteiger partial charge in [-0.25, -0.2) is 4.79 Å². The minimum atomic E-state index is -0.281. The summed E-state index contributed by atoms with van der Waals surface area (Å²) in [5.74, 6) is -0.0403. The number of hydrogen-bond donors (Lipinski definition) is 2. The van der Waals surface area contributed by atoms with Crippen LogP contribution in [0.2, 0.25) is 0 Å². The summed E-state index contributed by atoms with van der Waals surface area (Å²) >= 11 is 0. The molecule has 1 aromatic rings. The number of hydrogen-bond acceptors (Lipinski definition) is 5. The van der Waals surface area contributed by atoms with E-state index in [0.717, 1.165) is 42.5 Å². The number of carbonyl (C=O) groups excluding carboxylic acids is 3. The summed E-state index contributed by atoms with van der Waals surface area (Å²) in [6.07, 6.45) is 3.70. The molecule has 176 valence electrons. The lowest BCUT2D eigenvalue weighted by molar-refractivity contribution is -0.123. The second kappa shape index (κ2) is 11.3. The lowest BCUT2D eigenvalue weighted by Gasteiger charge is -2.31. The summed E-state index contributed by atoms with van der Waals surface area (Å²) in [6.45, 7) is 8.19. The third kappa shape index (κ3) is 6.95. The summed E-state index contributed by atoms with van der Waals surface area (Å²) in [6, 6.07) is 6.43. The smallest absolute Gasteiger partial charge is 0.409 e. The number of para-hydroxylation sites is 1. The Bertz CT molecular complexity index is 796. The highest BCUT2D eigenvalue weighted by molar-refractivity contribution is 5.93. The first-order valence-corrected chi connectivity index (χ1v) is 11.7. The van der Waals surface area contributed by atoms with Crippen LogP contribution in [-0.2, 0) is 14.3 Å². The molecule has 1 saturated heterocycles. The fourth-order valence-corrected chi connectivity index (χ4v) is 4.17. The van der Waals surface area contributed by atoms with Gasteiger partial charge in [-0.05, 0) is 57.6 Å². The van der Waals surface area contributed by atoms with Gasteiger partial charge in [0.15, 0.2) is 0 Å². The Hall–Kier alpha value is -2.61. The topological polar surface area (TPSA) is 91.0 Å². The van der Waals surface area contributed by atoms with Crippen molar-refractivity contribution in [2.75, 3.05) is 38.1 Å². The SMILES string of the molecule is CCOC(=O)N1CCC(NC(=O)CCN(CC(=O)Nc2c(C)cccc2C)C2CC2)CC1. The Kier molecular flexibility index (Phi) is 8.50. The lowest BCUT2D eigenvalue weighted by Crippen LogP contribution is -2.47. The molecular formula is C24H36N4O4. The van der Waals surface area contributed by atoms with E-state index in [2.05, 4.69) is 15.5 Å². The van der Waals surface area contributed by atoms with Crippen molar-refractivity contribution >= 4 is 23.6 Å². The Labute approximate surface area is 190 Å². The van der Waals surface area contributed by atoms with Crippen LogP contribution in [0.4, 0.5) is 10.5 Å². The molecule has 8 nitrogen and oxygen atoms in total. The molecule has 1 saturated carbocycles. The van der Waals surface area contributed by atoms with Crippen LogP contribution in [0.15, 0.2) is 18.2 Å². The van der Waals surface area contributed by atoms with Crippen LogP contribution in [0, 0.1) is 13.8 Å². The molecule has 1 aliphatic heterocycles. The zero-order valence-electron chi connectivity index (χ0n) is 19.5. The summed E-state index contributed by atoms with van der Waals surface area (Å²) in [5, 5.41) is 6.13. The molecule has 0 bridgehead atoms. The Morgan fingerprint density at radius 1 is 1.06 bits per heavy atom. The second-order valence-electron chi connectivity index (χ2n) is 8.79. The van der Waals surface area contributed by atoms with Gasteiger partial charge in [-0.1, -0.05) is 18.2 Å². The largest absolute Gasteiger partial charge is 0.450 e. The number of piperidine rings is 1. The summed E-state index contributed by atoms with van der Waals surface area (Å²) in [5.41, 5.74) is 2.97. The summed E-state index contributed by atoms with van der Waals surface area (Å²) < 4.78 is 5.03. The predicted molar refractivity (Wildman–Crippen MR) is 124 cm³/mol. The molecule has 2 aliphatic rings. The van der Waals surface area contributed by atoms with Gasteiger partial charge in [0.05, 0.1) is 13.2 Å². The molecule has 0 aromatic heterocycles. The molecule has 1 aromatic carbocycles. The Morgan fingerprint density at radius 2 is 1.72 bits per heavy atom. The number of nitrogens with zero attached hydrogens (tertiary/aromatic N) is 2. The van der Waals surface area contributed by atoms with Gasteiger partial charge in [-0.2, -0.15) is 0 Å². The van der Waals surface area contributed by atoms with Crippen LogP contribution in [0.3, 0.4) is 0 Å². The van der Waals surface area contributed by atoms with Crippen LogP contribution < -0.4 is 10.6 Å². The van der Waals surface area contributed by atoms with E-state index in [9.17, 15) is 14.4 Å². The predicted octanol–water partition coefficient (Wildman–Crippen LogP) is 2.83. The zero-order valence-corrected chi connectivity index (χ0v) is 19.5. The van der Waals surface area contributed by atoms with Crippen molar-refractivity contribution in [2.45, 2.75) is 65.0 Å². The standard InChI is InChI=1S/C24H36N4O4/c1-4-32-24(31)27-13-10-19(11-14-27)25-21(29)12-15-28(20-8-9-20)16-22(30)26-23-17(2)6-5-7-18(23)3/h5-7,19-20H,4,8-16H2,1-3H3,(H,25,29)(H,26,30). The van der Waals surface area contributed by atoms with Gasteiger partial charge in [0.1, 0.15) is 0 Å². The van der Waals surface area contributed by atoms with Crippen LogP contribution in [-0.4, -0.2) is 72.6 Å². The minimum absolute atomic E-state index is 0.000362. The van der Waals surface area contributed by atoms with Gasteiger partial charge in [0.25, 0.3) is 0 Å². The van der Waals surface area contributed by atoms with Crippen molar-refractivity contribution < 1.29 is 19.1 Å². The van der Waals surface area contributed by atoms with Crippen molar-refractivity contribution in [3.8, 4) is 0 Å². The van der Waals surface area contributed by atoms with Gasteiger partial charge in [0.2, 0.25) is 11.8 Å². The van der Waals surface area contributed by atoms with E-state index in [1.165, 1.54) is 0 Å². The third-order valence-corrected chi connectivity index (χ3v) is 6.17. The summed E-state index contributed by atoms with van der Waals surface area (Å²) in [7, 11) is 0. The number of nitrogens with one attached hydrogen (secondary N) is 2. The third-order valence-electron chi connectivity index (χ3n) is 6.17. The van der Waals surface area contributed by atoms with Gasteiger partial charge in [-0.3, -0.25) is 14.5 Å². The number of benzene rings is 1. The Morgan fingerprint density at radius 3 is 2.31 bits per heavy atom. The van der Waals surface area contributed by atoms with E-state index in [1.807, 2.05) is 32.0 Å². The highest BCUT2D eigenvalue weighted by atomic mass is 16.6. The molecule has 2 fully saturated rings. The number of amides is 3. The highest BCUT2D eigenvalue weighted by Crippen LogP contribution is 2.27. The van der Waals surface area contributed by atoms with Gasteiger partial charge in [0, 0.05) is 43.8 Å². The van der Waals surface area contributed by atoms with Crippen molar-refractivity contribution in [3.05, 3.63) is 29.3 Å². The molecule has 3 amide bonds. The molecule has 0 atom stereocenters. The molecule has 0 unspecified atom stereocenters. The average Bonchev–Trinajstić information content (AvgIpc) is 3.60. The number of ether oxygens (including phenoxy) is 1. The van der Waals surface area contributed by atoms with E-state index in [1.54, 1.807) is 11.8 Å². The van der Waals surface area contributed by atoms with E-state index in [4.69, 9.17) is 4.74 Å². The quantitative estimate of drug-likeness (QED) is 0.611. The fourth-order valence-electron chi connectivity index (χ4n) is 4.17. The second-order valence-corrected chi connectivity index (χ2v) is 8.79. The number of aryl methyl sites for hydroxylation is 2. The van der Waals surface area contributed by atoms with Crippen molar-refractivity contribution in [1.82, 2.24) is 15.1 Å². The molecule has 8 heteroatoms. The zero-order chi connectivity index (χ0) is 23.1. The summed E-state index contributed by atoms with van der Waals surface area (Å²) in [4.78, 5) is 40.8. The minimum Gasteiger partial charge on any atom is -0.450 e. The van der Waals surface area contributed by atoms with Crippen LogP contribution >= 0.6 is 0 Å². The van der Waals surface area contributed by atoms with Crippen molar-refractivity contribution in [3.63, 3.8) is 0 Å². The average molecular weight is 445 g/mol. The van der Waals surface area contributed by atoms with Crippen molar-refractivity contribution in [1.29, 1.82) is 0 Å². The number of likely N-dealkylation sites (tertiary alicyclic amines) is 1. The number of anilines is 1. The van der Waals surface area contributed by atoms with E-state index < -0.39 is 0 Å². The number of rotatable bonds is 9. The monoisotopic (exact) mass is 444 g/mol. The molecule has 1 heterocycles. The first-order valence-electron chi connectivity index (χ1n) is 11.7. The van der Waals surface area contributed by atoms with Crippen LogP contribution in [0.25, 0.3) is 0 Å². The lowest BCUT2D eigenvalue weighted by atomic mass is 10.1. The fraction of sp³-hybridized carbons (Fsp3) is 0.625. The highest BCUT2D eigenvalue weighted by Gasteiger charge is 2.31. The van der Waals surface area contributed by atoms with Gasteiger partial charge < -0.3 is 20.3 Å². The van der Waals surface area contributed by atoms with E-state index in [-0.39, 0.29) is 23.9 Å². The van der Waals surface area contributed by atoms with Gasteiger partial charge in [-0.15, -0.1) is 0 Å². The molecule has 3 rings (SSSR count). The molecule has 0 radical (unpaired) electrons. The van der Waals surface area contributed by atoms with Crippen molar-refractivity contribution in [2.24, 2.45) is 0 Å². The molecule has 0 spiro atoms. The molecule has 1 aliphatic carbocycles. The molecular weight excluding hydrogens is 408 g/mol. The van der Waals surface area contributed by atoms with E-state index >= 15 is 0 Å².